The number of methoxy groups -OCH3 is 2. The third kappa shape index (κ3) is 8.39. The molecule has 2 N–H and O–H groups in total. The molecule has 0 unspecified atom stereocenters. The number of rotatable bonds is 12. The van der Waals surface area contributed by atoms with E-state index in [4.69, 9.17) is 14.2 Å². The number of hydrazone groups is 1. The lowest BCUT2D eigenvalue weighted by Gasteiger charge is -2.13. The van der Waals surface area contributed by atoms with Gasteiger partial charge >= 0.3 is 5.97 Å². The molecule has 0 atom stereocenters. The molecule has 0 aliphatic rings. The van der Waals surface area contributed by atoms with Crippen LogP contribution in [-0.4, -0.2) is 51.4 Å². The highest BCUT2D eigenvalue weighted by atomic mass is 79.9. The van der Waals surface area contributed by atoms with Crippen LogP contribution in [0, 0.1) is 0 Å². The minimum Gasteiger partial charge on any atom is -0.495 e. The quantitative estimate of drug-likeness (QED) is 0.242. The molecule has 0 bridgehead atoms. The maximum absolute atomic E-state index is 12.1. The van der Waals surface area contributed by atoms with Crippen LogP contribution in [0.4, 0.5) is 5.69 Å². The largest absolute Gasteiger partial charge is 0.495 e. The van der Waals surface area contributed by atoms with Crippen LogP contribution < -0.4 is 25.0 Å². The van der Waals surface area contributed by atoms with E-state index in [-0.39, 0.29) is 25.4 Å². The lowest BCUT2D eigenvalue weighted by Crippen LogP contribution is -2.20. The van der Waals surface area contributed by atoms with Gasteiger partial charge in [0.1, 0.15) is 5.75 Å². The summed E-state index contributed by atoms with van der Waals surface area (Å²) in [5.74, 6) is -0.00966. The number of nitrogens with zero attached hydrogens (tertiary/aromatic N) is 1. The van der Waals surface area contributed by atoms with Gasteiger partial charge in [0.15, 0.2) is 18.1 Å². The van der Waals surface area contributed by atoms with Gasteiger partial charge in [-0.15, -0.1) is 0 Å². The summed E-state index contributed by atoms with van der Waals surface area (Å²) < 4.78 is 21.3. The summed E-state index contributed by atoms with van der Waals surface area (Å²) in [4.78, 5) is 35.5. The van der Waals surface area contributed by atoms with E-state index < -0.39 is 11.9 Å². The summed E-state index contributed by atoms with van der Waals surface area (Å²) in [6, 6.07) is 10.3. The number of hydrogen-bond acceptors (Lipinski definition) is 8. The predicted molar refractivity (Wildman–Crippen MR) is 129 cm³/mol. The number of carbonyl (C=O) groups excluding carboxylic acids is 3. The monoisotopic (exact) mass is 535 g/mol. The summed E-state index contributed by atoms with van der Waals surface area (Å²) in [5.41, 5.74) is 3.52. The number of para-hydroxylation sites is 2. The van der Waals surface area contributed by atoms with Gasteiger partial charge in [-0.2, -0.15) is 5.10 Å². The average Bonchev–Trinajstić information content (AvgIpc) is 2.82. The number of nitrogens with one attached hydrogen (secondary N) is 2. The lowest BCUT2D eigenvalue weighted by atomic mass is 10.2. The topological polar surface area (TPSA) is 125 Å². The molecular weight excluding hydrogens is 510 g/mol. The zero-order valence-electron chi connectivity index (χ0n) is 19.1. The van der Waals surface area contributed by atoms with E-state index >= 15 is 0 Å². The third-order valence-corrected chi connectivity index (χ3v) is 4.85. The second-order valence-electron chi connectivity index (χ2n) is 6.67. The molecule has 0 heterocycles. The second kappa shape index (κ2) is 13.8. The van der Waals surface area contributed by atoms with Gasteiger partial charge in [-0.3, -0.25) is 9.59 Å². The summed E-state index contributed by atoms with van der Waals surface area (Å²) in [7, 11) is 2.78. The van der Waals surface area contributed by atoms with E-state index in [1.807, 2.05) is 6.92 Å². The molecule has 2 amide bonds. The first-order valence-electron chi connectivity index (χ1n) is 10.3. The fraction of sp³-hybridized carbons (Fsp3) is 0.304. The molecule has 0 aromatic heterocycles. The van der Waals surface area contributed by atoms with Crippen molar-refractivity contribution < 1.29 is 33.3 Å². The molecule has 0 aliphatic carbocycles. The zero-order chi connectivity index (χ0) is 24.9. The van der Waals surface area contributed by atoms with Gasteiger partial charge in [-0.1, -0.05) is 12.1 Å². The molecular formula is C23H26BrN3O7. The van der Waals surface area contributed by atoms with Crippen molar-refractivity contribution >= 4 is 45.6 Å². The van der Waals surface area contributed by atoms with Gasteiger partial charge in [0.25, 0.3) is 0 Å². The molecule has 2 aromatic carbocycles. The highest BCUT2D eigenvalue weighted by molar-refractivity contribution is 9.10. The Morgan fingerprint density at radius 3 is 2.47 bits per heavy atom. The summed E-state index contributed by atoms with van der Waals surface area (Å²) in [5, 5.41) is 6.63. The number of halogens is 1. The van der Waals surface area contributed by atoms with E-state index in [0.29, 0.717) is 39.6 Å². The van der Waals surface area contributed by atoms with Crippen molar-refractivity contribution in [1.29, 1.82) is 0 Å². The van der Waals surface area contributed by atoms with E-state index in [1.165, 1.54) is 20.4 Å². The molecule has 2 aromatic rings. The number of esters is 1. The van der Waals surface area contributed by atoms with Gasteiger partial charge in [0.2, 0.25) is 11.8 Å². The average molecular weight is 536 g/mol. The number of carbonyl (C=O) groups is 3. The zero-order valence-corrected chi connectivity index (χ0v) is 20.6. The molecule has 0 aliphatic heterocycles. The molecule has 0 fully saturated rings. The maximum atomic E-state index is 12.1. The van der Waals surface area contributed by atoms with E-state index in [2.05, 4.69) is 36.5 Å². The summed E-state index contributed by atoms with van der Waals surface area (Å²) >= 11 is 3.38. The minimum absolute atomic E-state index is 0.0222. The normalized spacial score (nSPS) is 10.5. The van der Waals surface area contributed by atoms with Crippen LogP contribution in [0.3, 0.4) is 0 Å². The molecule has 10 nitrogen and oxygen atoms in total. The van der Waals surface area contributed by atoms with Gasteiger partial charge in [0, 0.05) is 12.8 Å². The van der Waals surface area contributed by atoms with Crippen LogP contribution in [0.1, 0.15) is 25.3 Å². The molecule has 0 spiro atoms. The maximum Gasteiger partial charge on any atom is 0.343 e. The van der Waals surface area contributed by atoms with Crippen LogP contribution in [0.25, 0.3) is 0 Å². The van der Waals surface area contributed by atoms with Crippen molar-refractivity contribution in [3.05, 3.63) is 46.4 Å². The van der Waals surface area contributed by atoms with Gasteiger partial charge in [-0.25, -0.2) is 10.2 Å². The number of hydrogen-bond donors (Lipinski definition) is 2. The van der Waals surface area contributed by atoms with E-state index in [1.54, 1.807) is 36.4 Å². The fourth-order valence-electron chi connectivity index (χ4n) is 2.68. The molecule has 11 heteroatoms. The van der Waals surface area contributed by atoms with Crippen molar-refractivity contribution in [3.8, 4) is 17.2 Å². The first-order chi connectivity index (χ1) is 16.4. The Kier molecular flexibility index (Phi) is 10.8. The number of anilines is 1. The number of benzene rings is 2. The van der Waals surface area contributed by atoms with E-state index in [0.717, 1.165) is 0 Å². The van der Waals surface area contributed by atoms with Crippen molar-refractivity contribution in [3.63, 3.8) is 0 Å². The highest BCUT2D eigenvalue weighted by Crippen LogP contribution is 2.36. The predicted octanol–water partition coefficient (Wildman–Crippen LogP) is 3.28. The standard InChI is InChI=1S/C23H26BrN3O7/c1-4-33-19-12-15(11-16(24)23(19)34-14-22(30)32-3)13-25-27-21(29)10-9-20(28)26-17-7-5-6-8-18(17)31-2/h5-8,11-13H,4,9-10,14H2,1-3H3,(H,26,28)(H,27,29). The van der Waals surface area contributed by atoms with Gasteiger partial charge < -0.3 is 24.3 Å². The van der Waals surface area contributed by atoms with Crippen molar-refractivity contribution in [2.75, 3.05) is 32.8 Å². The Labute approximate surface area is 205 Å². The Bertz CT molecular complexity index is 1040. The van der Waals surface area contributed by atoms with Crippen molar-refractivity contribution in [2.45, 2.75) is 19.8 Å². The van der Waals surface area contributed by atoms with Crippen LogP contribution in [0.15, 0.2) is 46.0 Å². The van der Waals surface area contributed by atoms with Crippen LogP contribution in [-0.2, 0) is 19.1 Å². The molecule has 0 saturated carbocycles. The third-order valence-electron chi connectivity index (χ3n) is 4.26. The van der Waals surface area contributed by atoms with Crippen LogP contribution in [0.5, 0.6) is 17.2 Å². The molecule has 182 valence electrons. The van der Waals surface area contributed by atoms with E-state index in [9.17, 15) is 14.4 Å². The number of ether oxygens (including phenoxy) is 4. The van der Waals surface area contributed by atoms with Crippen LogP contribution >= 0.6 is 15.9 Å². The molecule has 2 rings (SSSR count). The van der Waals surface area contributed by atoms with Crippen molar-refractivity contribution in [1.82, 2.24) is 5.43 Å². The summed E-state index contributed by atoms with van der Waals surface area (Å²) in [6.45, 7) is 1.90. The first kappa shape index (κ1) is 26.7. The fourth-order valence-corrected chi connectivity index (χ4v) is 3.25. The Morgan fingerprint density at radius 2 is 1.76 bits per heavy atom. The minimum atomic E-state index is -0.528. The molecule has 0 radical (unpaired) electrons. The Morgan fingerprint density at radius 1 is 1.03 bits per heavy atom. The molecule has 34 heavy (non-hydrogen) atoms. The Hall–Kier alpha value is -3.60. The smallest absolute Gasteiger partial charge is 0.343 e. The molecule has 0 saturated heterocycles. The van der Waals surface area contributed by atoms with Gasteiger partial charge in [-0.05, 0) is 52.7 Å². The first-order valence-corrected chi connectivity index (χ1v) is 11.1. The highest BCUT2D eigenvalue weighted by Gasteiger charge is 2.14. The van der Waals surface area contributed by atoms with Gasteiger partial charge in [0.05, 0.1) is 37.2 Å². The summed E-state index contributed by atoms with van der Waals surface area (Å²) in [6.07, 6.45) is 1.35. The number of amides is 2. The van der Waals surface area contributed by atoms with Crippen molar-refractivity contribution in [2.24, 2.45) is 5.10 Å². The lowest BCUT2D eigenvalue weighted by molar-refractivity contribution is -0.143. The Balaban J connectivity index is 1.91. The second-order valence-corrected chi connectivity index (χ2v) is 7.52. The van der Waals surface area contributed by atoms with Crippen LogP contribution in [0.2, 0.25) is 0 Å². The SMILES string of the molecule is CCOc1cc(C=NNC(=O)CCC(=O)Nc2ccccc2OC)cc(Br)c1OCC(=O)OC.